The summed E-state index contributed by atoms with van der Waals surface area (Å²) in [5, 5.41) is 7.05. The van der Waals surface area contributed by atoms with E-state index in [0.717, 1.165) is 22.6 Å². The number of hydrogen-bond donors (Lipinski definition) is 1. The summed E-state index contributed by atoms with van der Waals surface area (Å²) in [7, 11) is 0. The molecule has 0 aliphatic rings. The second-order valence-electron chi connectivity index (χ2n) is 5.91. The van der Waals surface area contributed by atoms with Crippen molar-refractivity contribution in [1.82, 2.24) is 24.7 Å². The van der Waals surface area contributed by atoms with Gasteiger partial charge in [-0.15, -0.1) is 0 Å². The number of carbonyl (C=O) groups is 1. The van der Waals surface area contributed by atoms with E-state index in [1.54, 1.807) is 23.1 Å². The molecule has 2 aromatic carbocycles. The Labute approximate surface area is 149 Å². The Kier molecular flexibility index (Phi) is 3.89. The number of nitrogens with zero attached hydrogens (tertiary/aromatic N) is 5. The molecule has 0 saturated carbocycles. The van der Waals surface area contributed by atoms with Crippen molar-refractivity contribution < 1.29 is 4.79 Å². The highest BCUT2D eigenvalue weighted by atomic mass is 16.1. The molecule has 128 valence electrons. The van der Waals surface area contributed by atoms with Crippen molar-refractivity contribution >= 4 is 22.6 Å². The number of aryl methyl sites for hydroxylation is 2. The number of nitrogens with one attached hydrogen (secondary N) is 1. The molecule has 2 aromatic heterocycles. The first-order valence-electron chi connectivity index (χ1n) is 8.12. The number of rotatable bonds is 3. The molecule has 7 heteroatoms. The molecule has 0 unspecified atom stereocenters. The van der Waals surface area contributed by atoms with Crippen LogP contribution in [0.1, 0.15) is 21.7 Å². The van der Waals surface area contributed by atoms with Crippen LogP contribution in [0.5, 0.6) is 0 Å². The van der Waals surface area contributed by atoms with Crippen LogP contribution in [0, 0.1) is 13.8 Å². The van der Waals surface area contributed by atoms with Gasteiger partial charge in [0.15, 0.2) is 0 Å². The molecule has 26 heavy (non-hydrogen) atoms. The molecule has 0 radical (unpaired) electrons. The fourth-order valence-electron chi connectivity index (χ4n) is 2.68. The number of hydrogen-bond acceptors (Lipinski definition) is 5. The van der Waals surface area contributed by atoms with Crippen LogP contribution in [0.2, 0.25) is 0 Å². The quantitative estimate of drug-likeness (QED) is 0.617. The topological polar surface area (TPSA) is 85.6 Å². The lowest BCUT2D eigenvalue weighted by molar-refractivity contribution is 0.102. The molecule has 0 spiro atoms. The van der Waals surface area contributed by atoms with E-state index >= 15 is 0 Å². The average Bonchev–Trinajstić information content (AvgIpc) is 3.17. The van der Waals surface area contributed by atoms with Crippen molar-refractivity contribution in [2.75, 3.05) is 5.32 Å². The first-order chi connectivity index (χ1) is 12.6. The maximum atomic E-state index is 12.7. The molecule has 4 aromatic rings. The van der Waals surface area contributed by atoms with Crippen molar-refractivity contribution in [3.05, 3.63) is 72.1 Å². The van der Waals surface area contributed by atoms with E-state index in [1.165, 1.54) is 6.33 Å². The zero-order valence-corrected chi connectivity index (χ0v) is 14.3. The minimum Gasteiger partial charge on any atom is -0.320 e. The molecule has 1 N–H and O–H groups in total. The fraction of sp³-hybridized carbons (Fsp3) is 0.105. The van der Waals surface area contributed by atoms with Gasteiger partial charge < -0.3 is 5.32 Å². The Morgan fingerprint density at radius 3 is 2.54 bits per heavy atom. The van der Waals surface area contributed by atoms with Crippen LogP contribution in [-0.2, 0) is 0 Å². The van der Waals surface area contributed by atoms with E-state index in [1.807, 2.05) is 44.2 Å². The van der Waals surface area contributed by atoms with E-state index in [-0.39, 0.29) is 5.91 Å². The predicted molar refractivity (Wildman–Crippen MR) is 98.3 cm³/mol. The third kappa shape index (κ3) is 2.90. The first-order valence-corrected chi connectivity index (χ1v) is 8.12. The molecule has 0 saturated heterocycles. The molecule has 0 bridgehead atoms. The molecule has 1 amide bonds. The molecule has 0 aliphatic carbocycles. The first kappa shape index (κ1) is 15.9. The summed E-state index contributed by atoms with van der Waals surface area (Å²) in [5.41, 5.74) is 5.11. The van der Waals surface area contributed by atoms with E-state index < -0.39 is 0 Å². The van der Waals surface area contributed by atoms with E-state index in [4.69, 9.17) is 0 Å². The third-order valence-corrected chi connectivity index (χ3v) is 4.16. The maximum Gasteiger partial charge on any atom is 0.255 e. The third-order valence-electron chi connectivity index (χ3n) is 4.16. The lowest BCUT2D eigenvalue weighted by Gasteiger charge is -2.11. The lowest BCUT2D eigenvalue weighted by Crippen LogP contribution is -2.14. The molecule has 4 rings (SSSR count). The number of carbonyl (C=O) groups excluding carboxylic acids is 1. The van der Waals surface area contributed by atoms with Gasteiger partial charge in [-0.2, -0.15) is 5.10 Å². The monoisotopic (exact) mass is 344 g/mol. The maximum absolute atomic E-state index is 12.7. The fourth-order valence-corrected chi connectivity index (χ4v) is 2.68. The van der Waals surface area contributed by atoms with Gasteiger partial charge in [0.1, 0.15) is 12.7 Å². The summed E-state index contributed by atoms with van der Waals surface area (Å²) in [6, 6.07) is 12.7. The predicted octanol–water partition coefficient (Wildman–Crippen LogP) is 3.08. The highest BCUT2D eigenvalue weighted by Gasteiger charge is 2.12. The summed E-state index contributed by atoms with van der Waals surface area (Å²) in [6.45, 7) is 3.83. The van der Waals surface area contributed by atoms with Gasteiger partial charge >= 0.3 is 0 Å². The van der Waals surface area contributed by atoms with E-state index in [9.17, 15) is 4.79 Å². The molecule has 0 aliphatic heterocycles. The number of benzene rings is 2. The van der Waals surface area contributed by atoms with Gasteiger partial charge in [0.2, 0.25) is 0 Å². The molecule has 0 fully saturated rings. The SMILES string of the molecule is Cc1nc2ccc(C(=O)Nc3ccccc3-n3cncn3)cc2nc1C. The number of aromatic nitrogens is 5. The zero-order chi connectivity index (χ0) is 18.1. The van der Waals surface area contributed by atoms with Gasteiger partial charge in [-0.1, -0.05) is 12.1 Å². The van der Waals surface area contributed by atoms with Crippen LogP contribution in [0.15, 0.2) is 55.1 Å². The summed E-state index contributed by atoms with van der Waals surface area (Å²) >= 11 is 0. The second kappa shape index (κ2) is 6.36. The summed E-state index contributed by atoms with van der Waals surface area (Å²) in [4.78, 5) is 25.7. The molecule has 2 heterocycles. The minimum absolute atomic E-state index is 0.223. The highest BCUT2D eigenvalue weighted by molar-refractivity contribution is 6.06. The largest absolute Gasteiger partial charge is 0.320 e. The minimum atomic E-state index is -0.223. The molecule has 0 atom stereocenters. The number of fused-ring (bicyclic) bond motifs is 1. The summed E-state index contributed by atoms with van der Waals surface area (Å²) < 4.78 is 1.60. The van der Waals surface area contributed by atoms with Crippen LogP contribution in [0.25, 0.3) is 16.7 Å². The Balaban J connectivity index is 1.67. The van der Waals surface area contributed by atoms with Crippen molar-refractivity contribution in [3.63, 3.8) is 0 Å². The van der Waals surface area contributed by atoms with Crippen LogP contribution >= 0.6 is 0 Å². The van der Waals surface area contributed by atoms with Crippen LogP contribution in [0.4, 0.5) is 5.69 Å². The Bertz CT molecular complexity index is 1100. The van der Waals surface area contributed by atoms with Gasteiger partial charge in [-0.3, -0.25) is 4.79 Å². The number of anilines is 1. The van der Waals surface area contributed by atoms with Crippen molar-refractivity contribution in [2.24, 2.45) is 0 Å². The Morgan fingerprint density at radius 2 is 1.77 bits per heavy atom. The van der Waals surface area contributed by atoms with Gasteiger partial charge in [0.05, 0.1) is 33.8 Å². The van der Waals surface area contributed by atoms with E-state index in [2.05, 4.69) is 25.4 Å². The van der Waals surface area contributed by atoms with Gasteiger partial charge in [-0.05, 0) is 44.2 Å². The number of amides is 1. The summed E-state index contributed by atoms with van der Waals surface area (Å²) in [6.07, 6.45) is 3.03. The standard InChI is InChI=1S/C19H16N6O/c1-12-13(2)23-17-9-14(7-8-15(17)22-12)19(26)24-16-5-3-4-6-18(16)25-11-20-10-21-25/h3-11H,1-2H3,(H,24,26). The van der Waals surface area contributed by atoms with Crippen molar-refractivity contribution in [1.29, 1.82) is 0 Å². The molecular formula is C19H16N6O. The van der Waals surface area contributed by atoms with Crippen LogP contribution in [-0.4, -0.2) is 30.6 Å². The zero-order valence-electron chi connectivity index (χ0n) is 14.3. The Hall–Kier alpha value is -3.61. The Morgan fingerprint density at radius 1 is 1.00 bits per heavy atom. The number of para-hydroxylation sites is 2. The van der Waals surface area contributed by atoms with Crippen molar-refractivity contribution in [3.8, 4) is 5.69 Å². The molecular weight excluding hydrogens is 328 g/mol. The summed E-state index contributed by atoms with van der Waals surface area (Å²) in [5.74, 6) is -0.223. The van der Waals surface area contributed by atoms with E-state index in [0.29, 0.717) is 16.8 Å². The van der Waals surface area contributed by atoms with Gasteiger partial charge in [0, 0.05) is 5.56 Å². The van der Waals surface area contributed by atoms with Crippen LogP contribution in [0.3, 0.4) is 0 Å². The smallest absolute Gasteiger partial charge is 0.255 e. The van der Waals surface area contributed by atoms with Gasteiger partial charge in [0.25, 0.3) is 5.91 Å². The normalized spacial score (nSPS) is 10.8. The lowest BCUT2D eigenvalue weighted by atomic mass is 10.1. The van der Waals surface area contributed by atoms with Gasteiger partial charge in [-0.25, -0.2) is 19.6 Å². The second-order valence-corrected chi connectivity index (χ2v) is 5.91. The van der Waals surface area contributed by atoms with Crippen molar-refractivity contribution in [2.45, 2.75) is 13.8 Å². The molecule has 7 nitrogen and oxygen atoms in total. The van der Waals surface area contributed by atoms with Crippen LogP contribution < -0.4 is 5.32 Å². The highest BCUT2D eigenvalue weighted by Crippen LogP contribution is 2.20. The average molecular weight is 344 g/mol.